The molecule has 0 fully saturated rings. The zero-order valence-corrected chi connectivity index (χ0v) is 23.1. The van der Waals surface area contributed by atoms with Crippen LogP contribution in [0, 0.1) is 12.1 Å². The van der Waals surface area contributed by atoms with Crippen molar-refractivity contribution < 1.29 is 32.7 Å². The first kappa shape index (κ1) is 23.8. The van der Waals surface area contributed by atoms with Crippen molar-refractivity contribution in [3.8, 4) is 33.4 Å². The molecule has 0 aromatic heterocycles. The zero-order valence-electron chi connectivity index (χ0n) is 20.3. The van der Waals surface area contributed by atoms with Crippen molar-refractivity contribution in [1.29, 1.82) is 0 Å². The summed E-state index contributed by atoms with van der Waals surface area (Å²) in [5.74, 6) is 0. The van der Waals surface area contributed by atoms with Gasteiger partial charge in [0.1, 0.15) is 0 Å². The summed E-state index contributed by atoms with van der Waals surface area (Å²) < 4.78 is 0. The molecule has 0 saturated carbocycles. The molecule has 0 atom stereocenters. The molecule has 1 radical (unpaired) electrons. The summed E-state index contributed by atoms with van der Waals surface area (Å²) >= 11 is 0. The van der Waals surface area contributed by atoms with Crippen LogP contribution < -0.4 is 0 Å². The van der Waals surface area contributed by atoms with Gasteiger partial charge in [0.15, 0.2) is 0 Å². The van der Waals surface area contributed by atoms with Gasteiger partial charge in [0.25, 0.3) is 0 Å². The number of hydrogen-bond acceptors (Lipinski definition) is 0. The van der Waals surface area contributed by atoms with E-state index in [-0.39, 0.29) is 32.7 Å². The third kappa shape index (κ3) is 4.21. The van der Waals surface area contributed by atoms with Crippen LogP contribution in [0.25, 0.3) is 65.7 Å². The van der Waals surface area contributed by atoms with Crippen LogP contribution in [0.3, 0.4) is 0 Å². The first-order valence-corrected chi connectivity index (χ1v) is 12.3. The SMILES string of the molecule is [Y].[c-]1ccccc1-c1[c-]c(-c2c3ccccc3c(-c3ccc4ccccc4c3)c3ccccc23)ccc1. The summed E-state index contributed by atoms with van der Waals surface area (Å²) in [6, 6.07) is 54.5. The maximum Gasteiger partial charge on any atom is 0 e. The molecule has 0 unspecified atom stereocenters. The predicted molar refractivity (Wildman–Crippen MR) is 153 cm³/mol. The van der Waals surface area contributed by atoms with Crippen molar-refractivity contribution in [3.05, 3.63) is 146 Å². The Morgan fingerprint density at radius 1 is 0.405 bits per heavy atom. The van der Waals surface area contributed by atoms with Crippen LogP contribution in [-0.4, -0.2) is 0 Å². The van der Waals surface area contributed by atoms with Crippen molar-refractivity contribution in [3.63, 3.8) is 0 Å². The average Bonchev–Trinajstić information content (AvgIpc) is 2.96. The molecule has 0 heterocycles. The summed E-state index contributed by atoms with van der Waals surface area (Å²) in [5, 5.41) is 7.51. The third-order valence-corrected chi connectivity index (χ3v) is 7.03. The Balaban J connectivity index is 0.00000252. The Hall–Kier alpha value is -3.58. The minimum absolute atomic E-state index is 0. The van der Waals surface area contributed by atoms with Crippen molar-refractivity contribution in [2.45, 2.75) is 0 Å². The first-order chi connectivity index (χ1) is 17.9. The van der Waals surface area contributed by atoms with E-state index in [2.05, 4.69) is 133 Å². The fourth-order valence-corrected chi connectivity index (χ4v) is 5.41. The van der Waals surface area contributed by atoms with Gasteiger partial charge in [0, 0.05) is 32.7 Å². The van der Waals surface area contributed by atoms with E-state index in [1.54, 1.807) is 0 Å². The monoisotopic (exact) mass is 543 g/mol. The van der Waals surface area contributed by atoms with Crippen molar-refractivity contribution in [2.24, 2.45) is 0 Å². The van der Waals surface area contributed by atoms with E-state index in [0.717, 1.165) is 16.7 Å². The van der Waals surface area contributed by atoms with Crippen LogP contribution in [0.5, 0.6) is 0 Å². The standard InChI is InChI=1S/C36H22.Y/c1-2-11-25(12-3-1)28-15-10-16-29(23-28)35-31-17-6-8-19-33(31)36(34-20-9-7-18-32(34)35)30-22-21-26-13-4-5-14-27(26)24-30;/h1-11,13-22,24H;/q-2;. The van der Waals surface area contributed by atoms with Crippen LogP contribution in [0.1, 0.15) is 0 Å². The normalized spacial score (nSPS) is 11.0. The largest absolute Gasteiger partial charge is 0.209 e. The van der Waals surface area contributed by atoms with Gasteiger partial charge in [0.2, 0.25) is 0 Å². The molecule has 0 N–H and O–H groups in total. The zero-order chi connectivity index (χ0) is 23.9. The molecule has 7 aromatic rings. The second-order valence-corrected chi connectivity index (χ2v) is 9.16. The van der Waals surface area contributed by atoms with Gasteiger partial charge in [-0.15, -0.1) is 23.8 Å². The van der Waals surface area contributed by atoms with Gasteiger partial charge in [-0.05, 0) is 49.5 Å². The van der Waals surface area contributed by atoms with E-state index in [1.807, 2.05) is 12.1 Å². The van der Waals surface area contributed by atoms with Gasteiger partial charge in [0.05, 0.1) is 0 Å². The van der Waals surface area contributed by atoms with Crippen molar-refractivity contribution in [1.82, 2.24) is 0 Å². The molecule has 7 rings (SSSR count). The van der Waals surface area contributed by atoms with Gasteiger partial charge in [-0.25, -0.2) is 5.56 Å². The van der Waals surface area contributed by atoms with Gasteiger partial charge >= 0.3 is 0 Å². The van der Waals surface area contributed by atoms with E-state index < -0.39 is 0 Å². The maximum atomic E-state index is 3.71. The van der Waals surface area contributed by atoms with E-state index in [9.17, 15) is 0 Å². The van der Waals surface area contributed by atoms with E-state index in [4.69, 9.17) is 0 Å². The molecule has 1 heteroatoms. The maximum absolute atomic E-state index is 3.71. The van der Waals surface area contributed by atoms with Gasteiger partial charge in [-0.2, -0.15) is 42.0 Å². The smallest absolute Gasteiger partial charge is 0 e. The van der Waals surface area contributed by atoms with Gasteiger partial charge in [-0.1, -0.05) is 90.5 Å². The fraction of sp³-hybridized carbons (Fsp3) is 0. The minimum atomic E-state index is 0. The van der Waals surface area contributed by atoms with Crippen LogP contribution in [0.4, 0.5) is 0 Å². The molecule has 0 nitrogen and oxygen atoms in total. The molecule has 0 saturated heterocycles. The summed E-state index contributed by atoms with van der Waals surface area (Å²) in [6.07, 6.45) is 0. The summed E-state index contributed by atoms with van der Waals surface area (Å²) in [6.45, 7) is 0. The third-order valence-electron chi connectivity index (χ3n) is 7.03. The average molecular weight is 543 g/mol. The molecule has 0 amide bonds. The summed E-state index contributed by atoms with van der Waals surface area (Å²) in [7, 11) is 0. The second kappa shape index (κ2) is 10.1. The molecular formula is C36H22Y-2. The van der Waals surface area contributed by atoms with Gasteiger partial charge in [-0.3, -0.25) is 0 Å². The Bertz CT molecular complexity index is 1830. The first-order valence-electron chi connectivity index (χ1n) is 12.3. The van der Waals surface area contributed by atoms with Gasteiger partial charge < -0.3 is 0 Å². The topological polar surface area (TPSA) is 0 Å². The number of hydrogen-bond donors (Lipinski definition) is 0. The Morgan fingerprint density at radius 2 is 0.973 bits per heavy atom. The Morgan fingerprint density at radius 3 is 1.65 bits per heavy atom. The minimum Gasteiger partial charge on any atom is -0.209 e. The van der Waals surface area contributed by atoms with E-state index in [1.165, 1.54) is 49.0 Å². The number of rotatable bonds is 3. The molecule has 0 aliphatic rings. The molecule has 0 aliphatic heterocycles. The van der Waals surface area contributed by atoms with Crippen molar-refractivity contribution in [2.75, 3.05) is 0 Å². The summed E-state index contributed by atoms with van der Waals surface area (Å²) in [4.78, 5) is 0. The van der Waals surface area contributed by atoms with E-state index >= 15 is 0 Å². The molecule has 0 bridgehead atoms. The number of fused-ring (bicyclic) bond motifs is 3. The number of benzene rings is 7. The Kier molecular flexibility index (Phi) is 6.47. The molecule has 0 spiro atoms. The predicted octanol–water partition coefficient (Wildman–Crippen LogP) is 9.75. The quantitative estimate of drug-likeness (QED) is 0.154. The van der Waals surface area contributed by atoms with Crippen LogP contribution in [-0.2, 0) is 32.7 Å². The van der Waals surface area contributed by atoms with Crippen LogP contribution in [0.2, 0.25) is 0 Å². The fourth-order valence-electron chi connectivity index (χ4n) is 5.41. The molecule has 0 aliphatic carbocycles. The molecular weight excluding hydrogens is 521 g/mol. The second-order valence-electron chi connectivity index (χ2n) is 9.16. The van der Waals surface area contributed by atoms with Crippen molar-refractivity contribution >= 4 is 32.3 Å². The summed E-state index contributed by atoms with van der Waals surface area (Å²) in [5.41, 5.74) is 6.96. The van der Waals surface area contributed by atoms with Crippen LogP contribution in [0.15, 0.2) is 133 Å². The Labute approximate surface area is 242 Å². The van der Waals surface area contributed by atoms with Crippen LogP contribution >= 0.6 is 0 Å². The molecule has 7 aromatic carbocycles. The molecule has 171 valence electrons. The molecule has 37 heavy (non-hydrogen) atoms. The van der Waals surface area contributed by atoms with E-state index in [0.29, 0.717) is 0 Å².